The van der Waals surface area contributed by atoms with E-state index in [1.807, 2.05) is 0 Å². The van der Waals surface area contributed by atoms with Crippen molar-refractivity contribution in [3.05, 3.63) is 17.7 Å². The number of fused-ring (bicyclic) bond motifs is 1. The number of amides is 1. The zero-order valence-electron chi connectivity index (χ0n) is 11.1. The van der Waals surface area contributed by atoms with Crippen molar-refractivity contribution in [2.45, 2.75) is 11.8 Å². The number of benzene rings is 1. The molecule has 6 heteroatoms. The molecule has 0 spiro atoms. The fraction of sp³-hybridized carbons (Fsp3) is 0.385. The van der Waals surface area contributed by atoms with Crippen LogP contribution in [-0.2, 0) is 0 Å². The molecule has 0 N–H and O–H groups in total. The molecule has 0 aliphatic carbocycles. The normalized spacial score (nSPS) is 13.0. The Kier molecular flexibility index (Phi) is 3.99. The van der Waals surface area contributed by atoms with E-state index in [1.54, 1.807) is 26.2 Å². The molecule has 1 aromatic carbocycles. The molecule has 102 valence electrons. The molecule has 0 radical (unpaired) electrons. The molecule has 0 unspecified atom stereocenters. The third kappa shape index (κ3) is 2.84. The molecular formula is C13H15NO4S. The average Bonchev–Trinajstić information content (AvgIpc) is 2.38. The second kappa shape index (κ2) is 5.52. The fourth-order valence-electron chi connectivity index (χ4n) is 1.65. The van der Waals surface area contributed by atoms with Gasteiger partial charge in [-0.25, -0.2) is 0 Å². The summed E-state index contributed by atoms with van der Waals surface area (Å²) in [5.41, 5.74) is 0.483. The number of ketones is 1. The van der Waals surface area contributed by atoms with Crippen LogP contribution in [0, 0.1) is 0 Å². The topological polar surface area (TPSA) is 55.8 Å². The van der Waals surface area contributed by atoms with E-state index < -0.39 is 0 Å². The van der Waals surface area contributed by atoms with Gasteiger partial charge in [-0.1, -0.05) is 0 Å². The molecule has 1 aliphatic heterocycles. The summed E-state index contributed by atoms with van der Waals surface area (Å²) < 4.78 is 11.1. The Morgan fingerprint density at radius 1 is 1.16 bits per heavy atom. The summed E-state index contributed by atoms with van der Waals surface area (Å²) in [7, 11) is 3.37. The van der Waals surface area contributed by atoms with E-state index in [-0.39, 0.29) is 11.0 Å². The molecule has 5 nitrogen and oxygen atoms in total. The van der Waals surface area contributed by atoms with Crippen LogP contribution >= 0.6 is 11.8 Å². The lowest BCUT2D eigenvalue weighted by Crippen LogP contribution is -2.19. The van der Waals surface area contributed by atoms with Gasteiger partial charge in [-0.3, -0.25) is 9.59 Å². The molecule has 0 saturated carbocycles. The van der Waals surface area contributed by atoms with Gasteiger partial charge in [0.05, 0.1) is 10.5 Å². The summed E-state index contributed by atoms with van der Waals surface area (Å²) >= 11 is 1.06. The lowest BCUT2D eigenvalue weighted by Gasteiger charge is -2.22. The van der Waals surface area contributed by atoms with Crippen molar-refractivity contribution in [1.29, 1.82) is 0 Å². The standard InChI is InChI=1S/C13H15NO4S/c1-8(15)9-4-5-10(19-13(16)14(2)3)12-11(9)17-6-7-18-12/h4-5H,6-7H2,1-3H3. The summed E-state index contributed by atoms with van der Waals surface area (Å²) in [5, 5.41) is -0.105. The molecule has 0 fully saturated rings. The maximum Gasteiger partial charge on any atom is 0.286 e. The van der Waals surface area contributed by atoms with Crippen LogP contribution in [0.4, 0.5) is 4.79 Å². The Morgan fingerprint density at radius 3 is 2.37 bits per heavy atom. The van der Waals surface area contributed by atoms with Gasteiger partial charge in [-0.2, -0.15) is 0 Å². The fourth-order valence-corrected chi connectivity index (χ4v) is 2.41. The van der Waals surface area contributed by atoms with Crippen LogP contribution in [0.3, 0.4) is 0 Å². The Hall–Kier alpha value is -1.69. The first kappa shape index (κ1) is 13.7. The average molecular weight is 281 g/mol. The van der Waals surface area contributed by atoms with E-state index in [2.05, 4.69) is 0 Å². The van der Waals surface area contributed by atoms with Crippen molar-refractivity contribution >= 4 is 22.8 Å². The number of ether oxygens (including phenoxy) is 2. The highest BCUT2D eigenvalue weighted by atomic mass is 32.2. The Morgan fingerprint density at radius 2 is 1.79 bits per heavy atom. The van der Waals surface area contributed by atoms with Crippen LogP contribution in [0.25, 0.3) is 0 Å². The largest absolute Gasteiger partial charge is 0.485 e. The van der Waals surface area contributed by atoms with Crippen LogP contribution in [0.1, 0.15) is 17.3 Å². The highest BCUT2D eigenvalue weighted by molar-refractivity contribution is 8.13. The Labute approximate surface area is 115 Å². The van der Waals surface area contributed by atoms with Crippen molar-refractivity contribution in [2.24, 2.45) is 0 Å². The maximum absolute atomic E-state index is 11.7. The maximum atomic E-state index is 11.7. The summed E-state index contributed by atoms with van der Waals surface area (Å²) in [4.78, 5) is 25.4. The predicted molar refractivity (Wildman–Crippen MR) is 72.4 cm³/mol. The number of Topliss-reactive ketones (excluding diaryl/α,β-unsaturated/α-hetero) is 1. The number of hydrogen-bond acceptors (Lipinski definition) is 5. The minimum Gasteiger partial charge on any atom is -0.485 e. The van der Waals surface area contributed by atoms with Gasteiger partial charge in [-0.15, -0.1) is 0 Å². The highest BCUT2D eigenvalue weighted by Gasteiger charge is 2.24. The van der Waals surface area contributed by atoms with Crippen LogP contribution in [0.2, 0.25) is 0 Å². The SMILES string of the molecule is CC(=O)c1ccc(SC(=O)N(C)C)c2c1OCCO2. The van der Waals surface area contributed by atoms with Gasteiger partial charge in [0, 0.05) is 14.1 Å². The zero-order chi connectivity index (χ0) is 14.0. The van der Waals surface area contributed by atoms with Crippen molar-refractivity contribution in [3.63, 3.8) is 0 Å². The monoisotopic (exact) mass is 281 g/mol. The first-order chi connectivity index (χ1) is 9.00. The molecule has 1 aliphatic rings. The number of hydrogen-bond donors (Lipinski definition) is 0. The minimum absolute atomic E-state index is 0.0859. The van der Waals surface area contributed by atoms with Gasteiger partial charge in [0.1, 0.15) is 13.2 Å². The van der Waals surface area contributed by atoms with Gasteiger partial charge in [0.25, 0.3) is 5.24 Å². The second-order valence-corrected chi connectivity index (χ2v) is 5.28. The summed E-state index contributed by atoms with van der Waals surface area (Å²) in [6, 6.07) is 3.39. The molecule has 1 aromatic rings. The van der Waals surface area contributed by atoms with E-state index in [0.717, 1.165) is 11.8 Å². The summed E-state index contributed by atoms with van der Waals surface area (Å²) in [5.74, 6) is 0.840. The molecule has 19 heavy (non-hydrogen) atoms. The minimum atomic E-state index is -0.105. The van der Waals surface area contributed by atoms with Crippen LogP contribution < -0.4 is 9.47 Å². The van der Waals surface area contributed by atoms with E-state index >= 15 is 0 Å². The van der Waals surface area contributed by atoms with Crippen molar-refractivity contribution < 1.29 is 19.1 Å². The lowest BCUT2D eigenvalue weighted by atomic mass is 10.1. The highest BCUT2D eigenvalue weighted by Crippen LogP contribution is 2.42. The molecule has 0 aromatic heterocycles. The number of nitrogens with zero attached hydrogens (tertiary/aromatic N) is 1. The molecule has 0 saturated heterocycles. The van der Waals surface area contributed by atoms with Crippen molar-refractivity contribution in [3.8, 4) is 11.5 Å². The van der Waals surface area contributed by atoms with Crippen LogP contribution in [0.15, 0.2) is 17.0 Å². The van der Waals surface area contributed by atoms with E-state index in [9.17, 15) is 9.59 Å². The van der Waals surface area contributed by atoms with Crippen LogP contribution in [-0.4, -0.2) is 43.2 Å². The smallest absolute Gasteiger partial charge is 0.286 e. The second-order valence-electron chi connectivity index (χ2n) is 4.29. The van der Waals surface area contributed by atoms with Crippen molar-refractivity contribution in [2.75, 3.05) is 27.3 Å². The predicted octanol–water partition coefficient (Wildman–Crippen LogP) is 2.43. The van der Waals surface area contributed by atoms with Gasteiger partial charge in [0.2, 0.25) is 0 Å². The number of thioether (sulfide) groups is 1. The molecular weight excluding hydrogens is 266 g/mol. The number of carbonyl (C=O) groups excluding carboxylic acids is 2. The molecule has 0 atom stereocenters. The molecule has 2 rings (SSSR count). The first-order valence-electron chi connectivity index (χ1n) is 5.83. The third-order valence-corrected chi connectivity index (χ3v) is 3.68. The van der Waals surface area contributed by atoms with E-state index in [0.29, 0.717) is 35.2 Å². The quantitative estimate of drug-likeness (QED) is 0.615. The zero-order valence-corrected chi connectivity index (χ0v) is 11.9. The van der Waals surface area contributed by atoms with Gasteiger partial charge in [0.15, 0.2) is 17.3 Å². The number of carbonyl (C=O) groups is 2. The lowest BCUT2D eigenvalue weighted by molar-refractivity contribution is 0.100. The Bertz CT molecular complexity index is 528. The van der Waals surface area contributed by atoms with E-state index in [4.69, 9.17) is 9.47 Å². The first-order valence-corrected chi connectivity index (χ1v) is 6.65. The summed E-state index contributed by atoms with van der Waals surface area (Å²) in [6.45, 7) is 2.30. The molecule has 0 bridgehead atoms. The van der Waals surface area contributed by atoms with Gasteiger partial charge < -0.3 is 14.4 Å². The van der Waals surface area contributed by atoms with Gasteiger partial charge >= 0.3 is 0 Å². The van der Waals surface area contributed by atoms with E-state index in [1.165, 1.54) is 11.8 Å². The summed E-state index contributed by atoms with van der Waals surface area (Å²) in [6.07, 6.45) is 0. The third-order valence-electron chi connectivity index (χ3n) is 2.59. The van der Waals surface area contributed by atoms with Crippen molar-refractivity contribution in [1.82, 2.24) is 4.90 Å². The number of rotatable bonds is 2. The van der Waals surface area contributed by atoms with Crippen LogP contribution in [0.5, 0.6) is 11.5 Å². The van der Waals surface area contributed by atoms with Gasteiger partial charge in [-0.05, 0) is 30.8 Å². The molecule has 1 heterocycles. The Balaban J connectivity index is 2.41. The molecule has 1 amide bonds.